The Bertz CT molecular complexity index is 507. The third kappa shape index (κ3) is 4.55. The Balaban J connectivity index is 2.91. The summed E-state index contributed by atoms with van der Waals surface area (Å²) in [5, 5.41) is 0. The van der Waals surface area contributed by atoms with Crippen LogP contribution in [0.2, 0.25) is 0 Å². The van der Waals surface area contributed by atoms with Gasteiger partial charge in [0, 0.05) is 25.5 Å². The van der Waals surface area contributed by atoms with Crippen LogP contribution in [0.1, 0.15) is 29.3 Å². The first-order valence-electron chi connectivity index (χ1n) is 6.50. The first-order chi connectivity index (χ1) is 9.61. The molecule has 1 aromatic rings. The predicted octanol–water partition coefficient (Wildman–Crippen LogP) is 1.61. The van der Waals surface area contributed by atoms with Gasteiger partial charge in [0.1, 0.15) is 0 Å². The minimum absolute atomic E-state index is 0.0256. The summed E-state index contributed by atoms with van der Waals surface area (Å²) in [6.07, 6.45) is 6.26. The summed E-state index contributed by atoms with van der Waals surface area (Å²) in [5.74, 6) is 6.68. The molecule has 20 heavy (non-hydrogen) atoms. The second kappa shape index (κ2) is 8.62. The van der Waals surface area contributed by atoms with Crippen molar-refractivity contribution in [2.45, 2.75) is 19.4 Å². The number of thioether (sulfide) groups is 1. The van der Waals surface area contributed by atoms with E-state index in [2.05, 4.69) is 30.0 Å². The van der Waals surface area contributed by atoms with Gasteiger partial charge >= 0.3 is 0 Å². The SMILES string of the molecule is CSCCC(C)N(C)C(=O)c1ccncc1C#CCN. The topological polar surface area (TPSA) is 59.2 Å². The number of pyridine rings is 1. The van der Waals surface area contributed by atoms with E-state index in [9.17, 15) is 4.79 Å². The monoisotopic (exact) mass is 291 g/mol. The lowest BCUT2D eigenvalue weighted by Gasteiger charge is -2.25. The van der Waals surface area contributed by atoms with Crippen molar-refractivity contribution in [2.75, 3.05) is 25.6 Å². The van der Waals surface area contributed by atoms with Gasteiger partial charge in [-0.2, -0.15) is 11.8 Å². The molecule has 0 aliphatic rings. The van der Waals surface area contributed by atoms with Crippen molar-refractivity contribution in [3.8, 4) is 11.8 Å². The average molecular weight is 291 g/mol. The summed E-state index contributed by atoms with van der Waals surface area (Å²) >= 11 is 1.78. The average Bonchev–Trinajstić information content (AvgIpc) is 2.49. The molecule has 0 fully saturated rings. The molecule has 1 rings (SSSR count). The fourth-order valence-electron chi connectivity index (χ4n) is 1.70. The maximum atomic E-state index is 12.5. The Morgan fingerprint density at radius 2 is 2.35 bits per heavy atom. The Morgan fingerprint density at radius 1 is 1.60 bits per heavy atom. The van der Waals surface area contributed by atoms with Gasteiger partial charge in [-0.3, -0.25) is 9.78 Å². The molecule has 1 aromatic heterocycles. The number of carbonyl (C=O) groups excluding carboxylic acids is 1. The summed E-state index contributed by atoms with van der Waals surface area (Å²) < 4.78 is 0. The lowest BCUT2D eigenvalue weighted by atomic mass is 10.1. The minimum atomic E-state index is -0.0256. The van der Waals surface area contributed by atoms with E-state index >= 15 is 0 Å². The van der Waals surface area contributed by atoms with E-state index < -0.39 is 0 Å². The molecule has 108 valence electrons. The number of rotatable bonds is 5. The Hall–Kier alpha value is -1.51. The van der Waals surface area contributed by atoms with Gasteiger partial charge in [0.15, 0.2) is 0 Å². The lowest BCUT2D eigenvalue weighted by molar-refractivity contribution is 0.0741. The quantitative estimate of drug-likeness (QED) is 0.837. The Morgan fingerprint density at radius 3 is 3.00 bits per heavy atom. The van der Waals surface area contributed by atoms with Crippen LogP contribution in [0.15, 0.2) is 18.5 Å². The van der Waals surface area contributed by atoms with E-state index in [0.29, 0.717) is 11.1 Å². The molecule has 1 atom stereocenters. The number of nitrogens with two attached hydrogens (primary N) is 1. The fourth-order valence-corrected chi connectivity index (χ4v) is 2.28. The van der Waals surface area contributed by atoms with Crippen molar-refractivity contribution in [3.05, 3.63) is 29.6 Å². The third-order valence-electron chi connectivity index (χ3n) is 3.10. The van der Waals surface area contributed by atoms with Gasteiger partial charge < -0.3 is 10.6 Å². The highest BCUT2D eigenvalue weighted by molar-refractivity contribution is 7.98. The molecule has 0 aliphatic heterocycles. The summed E-state index contributed by atoms with van der Waals surface area (Å²) in [4.78, 5) is 18.3. The van der Waals surface area contributed by atoms with E-state index in [0.717, 1.165) is 12.2 Å². The van der Waals surface area contributed by atoms with Crippen LogP contribution in [-0.2, 0) is 0 Å². The lowest BCUT2D eigenvalue weighted by Crippen LogP contribution is -2.35. The molecule has 1 unspecified atom stereocenters. The van der Waals surface area contributed by atoms with E-state index in [-0.39, 0.29) is 18.5 Å². The standard InChI is InChI=1S/C15H21N3OS/c1-12(7-10-20-3)18(2)15(19)14-6-9-17-11-13(14)5-4-8-16/h6,9,11-12H,7-8,10,16H2,1-3H3. The van der Waals surface area contributed by atoms with Crippen molar-refractivity contribution in [1.29, 1.82) is 0 Å². The predicted molar refractivity (Wildman–Crippen MR) is 84.7 cm³/mol. The Labute approximate surface area is 125 Å². The molecule has 0 radical (unpaired) electrons. The van der Waals surface area contributed by atoms with Gasteiger partial charge in [-0.25, -0.2) is 0 Å². The van der Waals surface area contributed by atoms with Gasteiger partial charge in [0.2, 0.25) is 0 Å². The van der Waals surface area contributed by atoms with E-state index in [1.807, 2.05) is 7.05 Å². The van der Waals surface area contributed by atoms with Crippen LogP contribution < -0.4 is 5.73 Å². The van der Waals surface area contributed by atoms with Gasteiger partial charge in [0.05, 0.1) is 17.7 Å². The molecule has 0 spiro atoms. The van der Waals surface area contributed by atoms with Crippen LogP contribution in [0.3, 0.4) is 0 Å². The van der Waals surface area contributed by atoms with Crippen molar-refractivity contribution in [2.24, 2.45) is 5.73 Å². The van der Waals surface area contributed by atoms with Crippen LogP contribution in [0, 0.1) is 11.8 Å². The molecule has 0 aliphatic carbocycles. The fraction of sp³-hybridized carbons (Fsp3) is 0.467. The molecule has 2 N–H and O–H groups in total. The molecule has 4 nitrogen and oxygen atoms in total. The van der Waals surface area contributed by atoms with Crippen molar-refractivity contribution >= 4 is 17.7 Å². The molecule has 1 amide bonds. The molecule has 0 aromatic carbocycles. The smallest absolute Gasteiger partial charge is 0.255 e. The largest absolute Gasteiger partial charge is 0.339 e. The molecule has 0 saturated heterocycles. The summed E-state index contributed by atoms with van der Waals surface area (Å²) in [6.45, 7) is 2.32. The van der Waals surface area contributed by atoms with Crippen LogP contribution in [0.5, 0.6) is 0 Å². The van der Waals surface area contributed by atoms with E-state index in [1.54, 1.807) is 35.1 Å². The number of nitrogens with zero attached hydrogens (tertiary/aromatic N) is 2. The zero-order valence-corrected chi connectivity index (χ0v) is 13.0. The van der Waals surface area contributed by atoms with E-state index in [4.69, 9.17) is 5.73 Å². The zero-order valence-electron chi connectivity index (χ0n) is 12.2. The molecular weight excluding hydrogens is 270 g/mol. The molecule has 1 heterocycles. The highest BCUT2D eigenvalue weighted by Gasteiger charge is 2.19. The minimum Gasteiger partial charge on any atom is -0.339 e. The highest BCUT2D eigenvalue weighted by atomic mass is 32.2. The maximum Gasteiger partial charge on any atom is 0.255 e. The summed E-state index contributed by atoms with van der Waals surface area (Å²) in [5.41, 5.74) is 6.59. The molecule has 5 heteroatoms. The number of carbonyl (C=O) groups is 1. The van der Waals surface area contributed by atoms with Gasteiger partial charge in [-0.15, -0.1) is 0 Å². The first-order valence-corrected chi connectivity index (χ1v) is 7.90. The zero-order chi connectivity index (χ0) is 15.0. The second-order valence-corrected chi connectivity index (χ2v) is 5.46. The van der Waals surface area contributed by atoms with Crippen molar-refractivity contribution < 1.29 is 4.79 Å². The molecule has 0 saturated carbocycles. The molecule has 0 bridgehead atoms. The second-order valence-electron chi connectivity index (χ2n) is 4.47. The number of hydrogen-bond donors (Lipinski definition) is 1. The highest BCUT2D eigenvalue weighted by Crippen LogP contribution is 2.13. The third-order valence-corrected chi connectivity index (χ3v) is 3.74. The number of amides is 1. The first kappa shape index (κ1) is 16.5. The van der Waals surface area contributed by atoms with Gasteiger partial charge in [-0.1, -0.05) is 11.8 Å². The van der Waals surface area contributed by atoms with Crippen molar-refractivity contribution in [3.63, 3.8) is 0 Å². The van der Waals surface area contributed by atoms with Crippen LogP contribution in [0.4, 0.5) is 0 Å². The van der Waals surface area contributed by atoms with Gasteiger partial charge in [-0.05, 0) is 31.4 Å². The van der Waals surface area contributed by atoms with Crippen LogP contribution >= 0.6 is 11.8 Å². The summed E-state index contributed by atoms with van der Waals surface area (Å²) in [6, 6.07) is 1.90. The molecular formula is C15H21N3OS. The number of hydrogen-bond acceptors (Lipinski definition) is 4. The number of aromatic nitrogens is 1. The Kier molecular flexibility index (Phi) is 7.13. The van der Waals surface area contributed by atoms with Crippen molar-refractivity contribution in [1.82, 2.24) is 9.88 Å². The maximum absolute atomic E-state index is 12.5. The van der Waals surface area contributed by atoms with Crippen LogP contribution in [0.25, 0.3) is 0 Å². The van der Waals surface area contributed by atoms with Gasteiger partial charge in [0.25, 0.3) is 5.91 Å². The summed E-state index contributed by atoms with van der Waals surface area (Å²) in [7, 11) is 1.83. The van der Waals surface area contributed by atoms with Crippen LogP contribution in [-0.4, -0.2) is 47.4 Å². The van der Waals surface area contributed by atoms with E-state index in [1.165, 1.54) is 0 Å². The normalized spacial score (nSPS) is 11.4.